The molecule has 86 valence electrons. The molecule has 0 bridgehead atoms. The van der Waals surface area contributed by atoms with Crippen LogP contribution in [-0.2, 0) is 0 Å². The third kappa shape index (κ3) is 1.96. The average Bonchev–Trinajstić information content (AvgIpc) is 2.30. The van der Waals surface area contributed by atoms with Crippen molar-refractivity contribution in [1.82, 2.24) is 14.9 Å². The summed E-state index contributed by atoms with van der Waals surface area (Å²) in [5.41, 5.74) is 6.34. The van der Waals surface area contributed by atoms with Crippen molar-refractivity contribution in [2.24, 2.45) is 0 Å². The van der Waals surface area contributed by atoms with E-state index in [9.17, 15) is 0 Å². The quantitative estimate of drug-likeness (QED) is 0.675. The summed E-state index contributed by atoms with van der Waals surface area (Å²) in [5, 5.41) is 7.36. The molecule has 0 aliphatic carbocycles. The number of rotatable bonds is 2. The fraction of sp³-hybridized carbons (Fsp3) is 0.500. The number of likely N-dealkylation sites (N-methyl/N-ethyl adjacent to an activating group) is 1. The third-order valence-electron chi connectivity index (χ3n) is 2.84. The van der Waals surface area contributed by atoms with Crippen LogP contribution in [0, 0.1) is 5.41 Å². The van der Waals surface area contributed by atoms with E-state index in [1.807, 2.05) is 0 Å². The third-order valence-corrected chi connectivity index (χ3v) is 2.84. The Morgan fingerprint density at radius 2 is 2.00 bits per heavy atom. The first-order valence-electron chi connectivity index (χ1n) is 5.27. The summed E-state index contributed by atoms with van der Waals surface area (Å²) in [4.78, 5) is 12.5. The number of hydrogen-bond acceptors (Lipinski definition) is 6. The van der Waals surface area contributed by atoms with Crippen molar-refractivity contribution in [1.29, 1.82) is 5.41 Å². The summed E-state index contributed by atoms with van der Waals surface area (Å²) in [7, 11) is 2.10. The molecule has 2 heterocycles. The van der Waals surface area contributed by atoms with Crippen LogP contribution >= 0.6 is 0 Å². The smallest absolute Gasteiger partial charge is 0.143 e. The highest BCUT2D eigenvalue weighted by Crippen LogP contribution is 2.20. The van der Waals surface area contributed by atoms with E-state index in [1.165, 1.54) is 12.5 Å². The normalized spacial score (nSPS) is 17.4. The van der Waals surface area contributed by atoms with Gasteiger partial charge in [-0.05, 0) is 7.05 Å². The van der Waals surface area contributed by atoms with Gasteiger partial charge in [-0.15, -0.1) is 0 Å². The van der Waals surface area contributed by atoms with Crippen LogP contribution in [-0.4, -0.2) is 54.3 Å². The lowest BCUT2D eigenvalue weighted by atomic mass is 10.2. The molecule has 0 unspecified atom stereocenters. The minimum Gasteiger partial charge on any atom is -0.383 e. The molecule has 0 atom stereocenters. The largest absolute Gasteiger partial charge is 0.383 e. The second-order valence-electron chi connectivity index (χ2n) is 3.93. The van der Waals surface area contributed by atoms with Gasteiger partial charge in [0, 0.05) is 32.4 Å². The van der Waals surface area contributed by atoms with Crippen molar-refractivity contribution in [3.05, 3.63) is 11.9 Å². The molecule has 0 radical (unpaired) electrons. The van der Waals surface area contributed by atoms with Crippen molar-refractivity contribution in [2.75, 3.05) is 43.9 Å². The molecule has 1 aromatic heterocycles. The Labute approximate surface area is 94.6 Å². The molecule has 0 saturated carbocycles. The van der Waals surface area contributed by atoms with Gasteiger partial charge in [-0.3, -0.25) is 0 Å². The number of hydrogen-bond donors (Lipinski definition) is 2. The van der Waals surface area contributed by atoms with E-state index < -0.39 is 0 Å². The minimum absolute atomic E-state index is 0.374. The van der Waals surface area contributed by atoms with Crippen LogP contribution < -0.4 is 10.6 Å². The number of nitrogens with one attached hydrogen (secondary N) is 1. The van der Waals surface area contributed by atoms with Gasteiger partial charge in [-0.25, -0.2) is 9.97 Å². The minimum atomic E-state index is 0.374. The Balaban J connectivity index is 2.26. The van der Waals surface area contributed by atoms with Crippen LogP contribution in [0.25, 0.3) is 0 Å². The molecular weight excluding hydrogens is 204 g/mol. The highest BCUT2D eigenvalue weighted by molar-refractivity contribution is 5.90. The van der Waals surface area contributed by atoms with Gasteiger partial charge in [0.25, 0.3) is 0 Å². The van der Waals surface area contributed by atoms with Gasteiger partial charge in [-0.2, -0.15) is 0 Å². The lowest BCUT2D eigenvalue weighted by Gasteiger charge is -2.33. The molecule has 1 aromatic rings. The first-order chi connectivity index (χ1) is 7.72. The SMILES string of the molecule is CN1CCN(c2ncnc(N)c2C=N)CC1. The summed E-state index contributed by atoms with van der Waals surface area (Å²) in [6.45, 7) is 3.82. The first kappa shape index (κ1) is 10.8. The van der Waals surface area contributed by atoms with E-state index in [4.69, 9.17) is 11.1 Å². The van der Waals surface area contributed by atoms with E-state index in [-0.39, 0.29) is 0 Å². The monoisotopic (exact) mass is 220 g/mol. The molecule has 6 nitrogen and oxygen atoms in total. The number of nitrogens with two attached hydrogens (primary N) is 1. The van der Waals surface area contributed by atoms with Crippen molar-refractivity contribution >= 4 is 17.9 Å². The Morgan fingerprint density at radius 1 is 1.31 bits per heavy atom. The summed E-state index contributed by atoms with van der Waals surface area (Å²) >= 11 is 0. The number of piperazine rings is 1. The Morgan fingerprint density at radius 3 is 2.62 bits per heavy atom. The standard InChI is InChI=1S/C10H16N6/c1-15-2-4-16(5-3-15)10-8(6-11)9(12)13-7-14-10/h6-7,11H,2-5H2,1H3,(H2,12,13,14). The van der Waals surface area contributed by atoms with E-state index >= 15 is 0 Å². The van der Waals surface area contributed by atoms with Crippen LogP contribution in [0.2, 0.25) is 0 Å². The van der Waals surface area contributed by atoms with Gasteiger partial charge in [-0.1, -0.05) is 0 Å². The van der Waals surface area contributed by atoms with Gasteiger partial charge in [0.15, 0.2) is 0 Å². The zero-order valence-electron chi connectivity index (χ0n) is 9.35. The second-order valence-corrected chi connectivity index (χ2v) is 3.93. The van der Waals surface area contributed by atoms with Crippen LogP contribution in [0.1, 0.15) is 5.56 Å². The zero-order valence-corrected chi connectivity index (χ0v) is 9.35. The maximum atomic E-state index is 7.36. The first-order valence-corrected chi connectivity index (χ1v) is 5.27. The lowest BCUT2D eigenvalue weighted by Crippen LogP contribution is -2.45. The number of anilines is 2. The van der Waals surface area contributed by atoms with E-state index in [1.54, 1.807) is 0 Å². The van der Waals surface area contributed by atoms with Crippen LogP contribution in [0.3, 0.4) is 0 Å². The highest BCUT2D eigenvalue weighted by Gasteiger charge is 2.18. The molecule has 6 heteroatoms. The molecular formula is C10H16N6. The average molecular weight is 220 g/mol. The van der Waals surface area contributed by atoms with Crippen LogP contribution in [0.4, 0.5) is 11.6 Å². The molecule has 0 spiro atoms. The van der Waals surface area contributed by atoms with Gasteiger partial charge in [0.05, 0.1) is 5.56 Å². The molecule has 0 amide bonds. The van der Waals surface area contributed by atoms with Gasteiger partial charge < -0.3 is 20.9 Å². The Bertz CT molecular complexity index is 383. The molecule has 2 rings (SSSR count). The molecule has 1 saturated heterocycles. The zero-order chi connectivity index (χ0) is 11.5. The van der Waals surface area contributed by atoms with Gasteiger partial charge >= 0.3 is 0 Å². The molecule has 0 aromatic carbocycles. The predicted molar refractivity (Wildman–Crippen MR) is 64.0 cm³/mol. The molecule has 1 aliphatic rings. The molecule has 3 N–H and O–H groups in total. The summed E-state index contributed by atoms with van der Waals surface area (Å²) < 4.78 is 0. The number of aromatic nitrogens is 2. The van der Waals surface area contributed by atoms with E-state index in [0.717, 1.165) is 32.0 Å². The fourth-order valence-electron chi connectivity index (χ4n) is 1.81. The topological polar surface area (TPSA) is 82.1 Å². The van der Waals surface area contributed by atoms with Crippen molar-refractivity contribution < 1.29 is 0 Å². The van der Waals surface area contributed by atoms with Crippen molar-refractivity contribution in [2.45, 2.75) is 0 Å². The fourth-order valence-corrected chi connectivity index (χ4v) is 1.81. The lowest BCUT2D eigenvalue weighted by molar-refractivity contribution is 0.312. The van der Waals surface area contributed by atoms with Crippen LogP contribution in [0.15, 0.2) is 6.33 Å². The maximum absolute atomic E-state index is 7.36. The predicted octanol–water partition coefficient (Wildman–Crippen LogP) is -0.192. The maximum Gasteiger partial charge on any atom is 0.143 e. The molecule has 1 aliphatic heterocycles. The van der Waals surface area contributed by atoms with Crippen LogP contribution in [0.5, 0.6) is 0 Å². The van der Waals surface area contributed by atoms with Gasteiger partial charge in [0.2, 0.25) is 0 Å². The summed E-state index contributed by atoms with van der Waals surface area (Å²) in [5.74, 6) is 1.15. The Kier molecular flexibility index (Phi) is 3.00. The Hall–Kier alpha value is -1.69. The summed E-state index contributed by atoms with van der Waals surface area (Å²) in [6, 6.07) is 0. The molecule has 16 heavy (non-hydrogen) atoms. The molecule has 1 fully saturated rings. The van der Waals surface area contributed by atoms with E-state index in [2.05, 4.69) is 26.8 Å². The second kappa shape index (κ2) is 4.44. The van der Waals surface area contributed by atoms with Crippen molar-refractivity contribution in [3.8, 4) is 0 Å². The van der Waals surface area contributed by atoms with Crippen molar-refractivity contribution in [3.63, 3.8) is 0 Å². The number of nitrogens with zero attached hydrogens (tertiary/aromatic N) is 4. The highest BCUT2D eigenvalue weighted by atomic mass is 15.3. The number of nitrogen functional groups attached to an aromatic ring is 1. The summed E-state index contributed by atoms with van der Waals surface area (Å²) in [6.07, 6.45) is 2.68. The van der Waals surface area contributed by atoms with E-state index in [0.29, 0.717) is 11.4 Å². The van der Waals surface area contributed by atoms with Gasteiger partial charge in [0.1, 0.15) is 18.0 Å².